The van der Waals surface area contributed by atoms with Crippen molar-refractivity contribution < 1.29 is 4.74 Å². The summed E-state index contributed by atoms with van der Waals surface area (Å²) in [6.45, 7) is 1.63. The fourth-order valence-corrected chi connectivity index (χ4v) is 2.64. The van der Waals surface area contributed by atoms with E-state index >= 15 is 0 Å². The highest BCUT2D eigenvalue weighted by Crippen LogP contribution is 2.33. The Kier molecular flexibility index (Phi) is 4.22. The van der Waals surface area contributed by atoms with Crippen LogP contribution in [0.25, 0.3) is 0 Å². The number of alkyl halides is 1. The summed E-state index contributed by atoms with van der Waals surface area (Å²) >= 11 is 9.49. The Bertz CT molecular complexity index is 335. The fraction of sp³-hybridized carbons (Fsp3) is 0.583. The van der Waals surface area contributed by atoms with Gasteiger partial charge in [-0.3, -0.25) is 4.98 Å². The topological polar surface area (TPSA) is 22.1 Å². The maximum absolute atomic E-state index is 6.10. The van der Waals surface area contributed by atoms with Gasteiger partial charge in [0.05, 0.1) is 6.61 Å². The number of hydrogen-bond donors (Lipinski definition) is 0. The van der Waals surface area contributed by atoms with Crippen LogP contribution < -0.4 is 0 Å². The molecule has 0 aliphatic carbocycles. The first kappa shape index (κ1) is 12.3. The molecule has 1 saturated heterocycles. The summed E-state index contributed by atoms with van der Waals surface area (Å²) in [5.41, 5.74) is 1.18. The van der Waals surface area contributed by atoms with Gasteiger partial charge in [0.25, 0.3) is 0 Å². The lowest BCUT2D eigenvalue weighted by molar-refractivity contribution is 0.00430. The first-order valence-corrected chi connectivity index (χ1v) is 6.81. The molecule has 0 N–H and O–H groups in total. The van der Waals surface area contributed by atoms with Crippen molar-refractivity contribution in [2.24, 2.45) is 5.41 Å². The minimum atomic E-state index is 0.0840. The number of pyridine rings is 1. The molecule has 2 nitrogen and oxygen atoms in total. The first-order chi connectivity index (χ1) is 7.74. The average molecular weight is 305 g/mol. The minimum absolute atomic E-state index is 0.0840. The second-order valence-corrected chi connectivity index (χ2v) is 5.62. The molecule has 0 spiro atoms. The molecule has 0 aromatic carbocycles. The third kappa shape index (κ3) is 2.96. The van der Waals surface area contributed by atoms with Crippen molar-refractivity contribution in [2.45, 2.75) is 19.3 Å². The molecule has 2 rings (SSSR count). The van der Waals surface area contributed by atoms with Gasteiger partial charge in [0.1, 0.15) is 0 Å². The van der Waals surface area contributed by atoms with Crippen LogP contribution in [0, 0.1) is 5.41 Å². The molecule has 1 atom stereocenters. The first-order valence-electron chi connectivity index (χ1n) is 5.48. The number of aromatic nitrogens is 1. The van der Waals surface area contributed by atoms with Crippen molar-refractivity contribution in [3.63, 3.8) is 0 Å². The second-order valence-electron chi connectivity index (χ2n) is 4.43. The molecule has 1 aromatic heterocycles. The van der Waals surface area contributed by atoms with Gasteiger partial charge in [0.2, 0.25) is 0 Å². The summed E-state index contributed by atoms with van der Waals surface area (Å²) in [5.74, 6) is 0.644. The Morgan fingerprint density at radius 1 is 1.50 bits per heavy atom. The average Bonchev–Trinajstić information content (AvgIpc) is 2.33. The van der Waals surface area contributed by atoms with Crippen LogP contribution in [0.15, 0.2) is 22.8 Å². The highest BCUT2D eigenvalue weighted by molar-refractivity contribution is 9.10. The lowest BCUT2D eigenvalue weighted by atomic mass is 9.80. The number of halogens is 2. The molecular formula is C12H15BrClNO. The Morgan fingerprint density at radius 2 is 2.38 bits per heavy atom. The number of nitrogens with zero attached hydrogens (tertiary/aromatic N) is 1. The van der Waals surface area contributed by atoms with Crippen molar-refractivity contribution in [2.75, 3.05) is 19.1 Å². The van der Waals surface area contributed by atoms with Crippen LogP contribution in [-0.4, -0.2) is 24.1 Å². The van der Waals surface area contributed by atoms with Gasteiger partial charge < -0.3 is 4.74 Å². The third-order valence-electron chi connectivity index (χ3n) is 3.03. The Balaban J connectivity index is 2.08. The maximum atomic E-state index is 6.10. The van der Waals surface area contributed by atoms with Gasteiger partial charge >= 0.3 is 0 Å². The van der Waals surface area contributed by atoms with Gasteiger partial charge in [-0.2, -0.15) is 0 Å². The molecule has 1 fully saturated rings. The Hall–Kier alpha value is -0.120. The summed E-state index contributed by atoms with van der Waals surface area (Å²) in [6.07, 6.45) is 4.97. The van der Waals surface area contributed by atoms with Crippen LogP contribution in [0.2, 0.25) is 0 Å². The predicted octanol–water partition coefficient (Wildman–Crippen LogP) is 3.42. The van der Waals surface area contributed by atoms with Gasteiger partial charge in [-0.05, 0) is 47.3 Å². The number of hydrogen-bond acceptors (Lipinski definition) is 2. The zero-order valence-electron chi connectivity index (χ0n) is 9.09. The molecule has 0 radical (unpaired) electrons. The van der Waals surface area contributed by atoms with Crippen molar-refractivity contribution in [1.29, 1.82) is 0 Å². The summed E-state index contributed by atoms with van der Waals surface area (Å²) in [5, 5.41) is 0. The summed E-state index contributed by atoms with van der Waals surface area (Å²) in [7, 11) is 0. The zero-order valence-corrected chi connectivity index (χ0v) is 11.4. The molecule has 88 valence electrons. The van der Waals surface area contributed by atoms with E-state index in [1.807, 2.05) is 18.3 Å². The van der Waals surface area contributed by atoms with Crippen molar-refractivity contribution in [3.8, 4) is 0 Å². The largest absolute Gasteiger partial charge is 0.381 e. The van der Waals surface area contributed by atoms with Gasteiger partial charge in [-0.15, -0.1) is 11.6 Å². The van der Waals surface area contributed by atoms with E-state index < -0.39 is 0 Å². The smallest absolute Gasteiger partial charge is 0.0537 e. The SMILES string of the molecule is ClCC1(Cc2ccc(Br)cn2)CCCOC1. The lowest BCUT2D eigenvalue weighted by Gasteiger charge is -2.35. The van der Waals surface area contributed by atoms with E-state index in [4.69, 9.17) is 16.3 Å². The van der Waals surface area contributed by atoms with Gasteiger partial charge in [-0.1, -0.05) is 0 Å². The Labute approximate surface area is 109 Å². The third-order valence-corrected chi connectivity index (χ3v) is 4.07. The van der Waals surface area contributed by atoms with E-state index in [-0.39, 0.29) is 5.41 Å². The van der Waals surface area contributed by atoms with Crippen molar-refractivity contribution in [1.82, 2.24) is 4.98 Å². The quantitative estimate of drug-likeness (QED) is 0.798. The predicted molar refractivity (Wildman–Crippen MR) is 68.8 cm³/mol. The van der Waals surface area contributed by atoms with E-state index in [0.717, 1.165) is 42.6 Å². The van der Waals surface area contributed by atoms with Gasteiger partial charge in [0, 0.05) is 34.3 Å². The van der Waals surface area contributed by atoms with Crippen molar-refractivity contribution >= 4 is 27.5 Å². The van der Waals surface area contributed by atoms with Gasteiger partial charge in [-0.25, -0.2) is 0 Å². The monoisotopic (exact) mass is 303 g/mol. The van der Waals surface area contributed by atoms with Crippen LogP contribution in [0.4, 0.5) is 0 Å². The van der Waals surface area contributed by atoms with E-state index in [0.29, 0.717) is 5.88 Å². The lowest BCUT2D eigenvalue weighted by Crippen LogP contribution is -2.35. The fourth-order valence-electron chi connectivity index (χ4n) is 2.10. The molecular weight excluding hydrogens is 289 g/mol. The molecule has 0 saturated carbocycles. The van der Waals surface area contributed by atoms with Crippen LogP contribution in [-0.2, 0) is 11.2 Å². The summed E-state index contributed by atoms with van der Waals surface area (Å²) in [6, 6.07) is 4.07. The number of ether oxygens (including phenoxy) is 1. The van der Waals surface area contributed by atoms with Crippen molar-refractivity contribution in [3.05, 3.63) is 28.5 Å². The molecule has 0 bridgehead atoms. The molecule has 1 aliphatic heterocycles. The van der Waals surface area contributed by atoms with E-state index in [1.165, 1.54) is 0 Å². The summed E-state index contributed by atoms with van der Waals surface area (Å²) in [4.78, 5) is 4.40. The molecule has 0 amide bonds. The highest BCUT2D eigenvalue weighted by atomic mass is 79.9. The van der Waals surface area contributed by atoms with Crippen LogP contribution >= 0.6 is 27.5 Å². The zero-order chi connectivity index (χ0) is 11.4. The molecule has 4 heteroatoms. The second kappa shape index (κ2) is 5.48. The Morgan fingerprint density at radius 3 is 2.94 bits per heavy atom. The molecule has 1 unspecified atom stereocenters. The van der Waals surface area contributed by atoms with Crippen LogP contribution in [0.3, 0.4) is 0 Å². The van der Waals surface area contributed by atoms with Gasteiger partial charge in [0.15, 0.2) is 0 Å². The normalized spacial score (nSPS) is 25.6. The maximum Gasteiger partial charge on any atom is 0.0537 e. The standard InChI is InChI=1S/C12H15BrClNO/c13-10-2-3-11(15-7-10)6-12(8-14)4-1-5-16-9-12/h2-3,7H,1,4-6,8-9H2. The minimum Gasteiger partial charge on any atom is -0.381 e. The van der Waals surface area contributed by atoms with E-state index in [1.54, 1.807) is 0 Å². The molecule has 2 heterocycles. The molecule has 1 aromatic rings. The van der Waals surface area contributed by atoms with E-state index in [2.05, 4.69) is 20.9 Å². The number of rotatable bonds is 3. The summed E-state index contributed by atoms with van der Waals surface area (Å²) < 4.78 is 6.56. The van der Waals surface area contributed by atoms with Crippen LogP contribution in [0.5, 0.6) is 0 Å². The molecule has 16 heavy (non-hydrogen) atoms. The van der Waals surface area contributed by atoms with Crippen LogP contribution in [0.1, 0.15) is 18.5 Å². The van der Waals surface area contributed by atoms with E-state index in [9.17, 15) is 0 Å². The highest BCUT2D eigenvalue weighted by Gasteiger charge is 2.32. The molecule has 1 aliphatic rings.